The quantitative estimate of drug-likeness (QED) is 0.263. The Hall–Kier alpha value is -2.52. The molecule has 0 amide bonds. The summed E-state index contributed by atoms with van der Waals surface area (Å²) in [5.41, 5.74) is 9.20. The molecule has 7 nitrogen and oxygen atoms in total. The maximum Gasteiger partial charge on any atom is 0.128 e. The summed E-state index contributed by atoms with van der Waals surface area (Å²) >= 11 is 14.2. The first kappa shape index (κ1) is 23.2. The number of nitrogens with one attached hydrogen (secondary N) is 1. The Balaban J connectivity index is 1.27. The summed E-state index contributed by atoms with van der Waals surface area (Å²) in [6.07, 6.45) is 8.16. The van der Waals surface area contributed by atoms with Crippen LogP contribution < -0.4 is 15.4 Å². The minimum atomic E-state index is 0.179. The van der Waals surface area contributed by atoms with Crippen LogP contribution in [-0.4, -0.2) is 51.4 Å². The first-order valence-corrected chi connectivity index (χ1v) is 12.8. The fraction of sp³-hybridized carbons (Fsp3) is 0.292. The van der Waals surface area contributed by atoms with E-state index >= 15 is 0 Å². The van der Waals surface area contributed by atoms with Crippen molar-refractivity contribution in [2.24, 2.45) is 0 Å². The van der Waals surface area contributed by atoms with Crippen LogP contribution >= 0.6 is 35.1 Å². The molecular formula is C24H24Cl2N6OS. The molecule has 0 radical (unpaired) electrons. The summed E-state index contributed by atoms with van der Waals surface area (Å²) in [5.74, 6) is 1.50. The normalized spacial score (nSPS) is 16.7. The van der Waals surface area contributed by atoms with Gasteiger partial charge in [-0.2, -0.15) is 0 Å². The highest BCUT2D eigenvalue weighted by atomic mass is 35.5. The average Bonchev–Trinajstić information content (AvgIpc) is 2.78. The van der Waals surface area contributed by atoms with Gasteiger partial charge in [0.05, 0.1) is 21.3 Å². The first-order valence-electron chi connectivity index (χ1n) is 10.8. The lowest BCUT2D eigenvalue weighted by atomic mass is 9.80. The molecule has 0 aliphatic carbocycles. The number of pyridine rings is 2. The van der Waals surface area contributed by atoms with Crippen molar-refractivity contribution in [3.05, 3.63) is 75.7 Å². The first-order chi connectivity index (χ1) is 16.4. The summed E-state index contributed by atoms with van der Waals surface area (Å²) < 4.78 is 8.35. The van der Waals surface area contributed by atoms with Gasteiger partial charge < -0.3 is 15.4 Å². The van der Waals surface area contributed by atoms with E-state index in [1.54, 1.807) is 24.4 Å². The topological polar surface area (TPSA) is 91.4 Å². The van der Waals surface area contributed by atoms with Gasteiger partial charge >= 0.3 is 0 Å². The number of rotatable bonds is 7. The minimum Gasteiger partial charge on any atom is -0.489 e. The molecule has 0 bridgehead atoms. The van der Waals surface area contributed by atoms with Gasteiger partial charge in [0.25, 0.3) is 0 Å². The van der Waals surface area contributed by atoms with Crippen LogP contribution in [0, 0.1) is 5.41 Å². The number of ether oxygens (including phenoxy) is 1. The molecule has 1 aromatic carbocycles. The number of halogens is 2. The molecule has 2 saturated heterocycles. The van der Waals surface area contributed by atoms with E-state index in [2.05, 4.69) is 25.4 Å². The van der Waals surface area contributed by atoms with Gasteiger partial charge in [-0.25, -0.2) is 9.29 Å². The highest BCUT2D eigenvalue weighted by Crippen LogP contribution is 2.44. The molecule has 10 heteroatoms. The molecule has 4 heterocycles. The monoisotopic (exact) mass is 514 g/mol. The standard InChI is InChI=1S/C24H24Cl2N6OS/c1-34-32-7-6-24(32)13-31(14-24)22-5-2-15(9-30-22)23(28)17-8-16(3-4-21(17)27)33-12-18-19(25)10-29-11-20(18)26/h2-5,8-11,28H,6-7,12-14,27H2,1H3. The zero-order valence-corrected chi connectivity index (χ0v) is 20.9. The number of anilines is 2. The second-order valence-corrected chi connectivity index (χ2v) is 10.1. The second kappa shape index (κ2) is 9.26. The SMILES string of the molecule is CSN1CCC12CN(c1ccc(C(=N)c3cc(OCc4c(Cl)cncc4Cl)ccc3N)cn1)C2. The fourth-order valence-electron chi connectivity index (χ4n) is 4.40. The van der Waals surface area contributed by atoms with E-state index in [0.29, 0.717) is 43.7 Å². The Morgan fingerprint density at radius 2 is 1.94 bits per heavy atom. The molecule has 2 aliphatic heterocycles. The van der Waals surface area contributed by atoms with E-state index < -0.39 is 0 Å². The van der Waals surface area contributed by atoms with Gasteiger partial charge in [0.15, 0.2) is 0 Å². The van der Waals surface area contributed by atoms with E-state index in [-0.39, 0.29) is 12.3 Å². The Kier molecular flexibility index (Phi) is 6.33. The van der Waals surface area contributed by atoms with Gasteiger partial charge in [-0.15, -0.1) is 0 Å². The average molecular weight is 515 g/mol. The van der Waals surface area contributed by atoms with Crippen LogP contribution in [0.15, 0.2) is 48.9 Å². The van der Waals surface area contributed by atoms with E-state index in [1.165, 1.54) is 18.8 Å². The van der Waals surface area contributed by atoms with E-state index in [4.69, 9.17) is 39.1 Å². The summed E-state index contributed by atoms with van der Waals surface area (Å²) in [7, 11) is 0. The molecule has 0 atom stereocenters. The van der Waals surface area contributed by atoms with Crippen LogP contribution in [0.2, 0.25) is 10.0 Å². The predicted octanol–water partition coefficient (Wildman–Crippen LogP) is 4.90. The van der Waals surface area contributed by atoms with Gasteiger partial charge in [0, 0.05) is 60.6 Å². The lowest BCUT2D eigenvalue weighted by molar-refractivity contribution is 0.0527. The summed E-state index contributed by atoms with van der Waals surface area (Å²) in [5, 5.41) is 9.59. The predicted molar refractivity (Wildman–Crippen MR) is 139 cm³/mol. The van der Waals surface area contributed by atoms with Crippen molar-refractivity contribution in [2.45, 2.75) is 18.6 Å². The van der Waals surface area contributed by atoms with Gasteiger partial charge in [-0.3, -0.25) is 10.4 Å². The zero-order chi connectivity index (χ0) is 23.9. The van der Waals surface area contributed by atoms with Gasteiger partial charge in [-0.1, -0.05) is 35.1 Å². The molecule has 3 N–H and O–H groups in total. The van der Waals surface area contributed by atoms with Crippen LogP contribution in [0.1, 0.15) is 23.1 Å². The molecule has 2 aromatic heterocycles. The van der Waals surface area contributed by atoms with Crippen molar-refractivity contribution in [1.29, 1.82) is 5.41 Å². The third-order valence-corrected chi connectivity index (χ3v) is 8.15. The zero-order valence-electron chi connectivity index (χ0n) is 18.6. The number of nitrogens with zero attached hydrogens (tertiary/aromatic N) is 4. The number of aromatic nitrogens is 2. The van der Waals surface area contributed by atoms with Crippen molar-refractivity contribution in [2.75, 3.05) is 36.5 Å². The summed E-state index contributed by atoms with van der Waals surface area (Å²) in [4.78, 5) is 10.9. The number of hydrogen-bond donors (Lipinski definition) is 2. The van der Waals surface area contributed by atoms with Gasteiger partial charge in [0.1, 0.15) is 18.2 Å². The fourth-order valence-corrected chi connectivity index (χ4v) is 5.74. The number of hydrogen-bond acceptors (Lipinski definition) is 8. The van der Waals surface area contributed by atoms with Gasteiger partial charge in [0.2, 0.25) is 0 Å². The van der Waals surface area contributed by atoms with Crippen molar-refractivity contribution >= 4 is 52.4 Å². The number of nitrogen functional groups attached to an aromatic ring is 1. The largest absolute Gasteiger partial charge is 0.489 e. The Labute approximate surface area is 212 Å². The third kappa shape index (κ3) is 4.20. The molecule has 34 heavy (non-hydrogen) atoms. The van der Waals surface area contributed by atoms with Crippen molar-refractivity contribution < 1.29 is 4.74 Å². The second-order valence-electron chi connectivity index (χ2n) is 8.51. The van der Waals surface area contributed by atoms with Crippen LogP contribution in [-0.2, 0) is 6.61 Å². The van der Waals surface area contributed by atoms with Crippen LogP contribution in [0.25, 0.3) is 0 Å². The Morgan fingerprint density at radius 3 is 2.56 bits per heavy atom. The maximum absolute atomic E-state index is 8.71. The Morgan fingerprint density at radius 1 is 1.18 bits per heavy atom. The summed E-state index contributed by atoms with van der Waals surface area (Å²) in [6, 6.07) is 9.14. The molecule has 0 saturated carbocycles. The number of benzene rings is 1. The van der Waals surface area contributed by atoms with Crippen molar-refractivity contribution in [1.82, 2.24) is 14.3 Å². The smallest absolute Gasteiger partial charge is 0.128 e. The van der Waals surface area contributed by atoms with E-state index in [9.17, 15) is 0 Å². The van der Waals surface area contributed by atoms with Crippen molar-refractivity contribution in [3.63, 3.8) is 0 Å². The minimum absolute atomic E-state index is 0.179. The highest BCUT2D eigenvalue weighted by Gasteiger charge is 2.53. The molecule has 176 valence electrons. The van der Waals surface area contributed by atoms with Crippen molar-refractivity contribution in [3.8, 4) is 5.75 Å². The molecule has 1 spiro atoms. The molecule has 2 aliphatic rings. The molecular weight excluding hydrogens is 491 g/mol. The lowest BCUT2D eigenvalue weighted by Gasteiger charge is -2.62. The van der Waals surface area contributed by atoms with Crippen LogP contribution in [0.5, 0.6) is 5.75 Å². The van der Waals surface area contributed by atoms with Gasteiger partial charge in [-0.05, 0) is 43.0 Å². The molecule has 0 unspecified atom stereocenters. The van der Waals surface area contributed by atoms with E-state index in [1.807, 2.05) is 24.1 Å². The highest BCUT2D eigenvalue weighted by molar-refractivity contribution is 7.96. The van der Waals surface area contributed by atoms with Crippen LogP contribution in [0.3, 0.4) is 0 Å². The number of nitrogens with two attached hydrogens (primary N) is 1. The van der Waals surface area contributed by atoms with E-state index in [0.717, 1.165) is 25.5 Å². The maximum atomic E-state index is 8.71. The molecule has 2 fully saturated rings. The van der Waals surface area contributed by atoms with Crippen LogP contribution in [0.4, 0.5) is 11.5 Å². The molecule has 5 rings (SSSR count). The lowest BCUT2D eigenvalue weighted by Crippen LogP contribution is -2.75. The molecule has 3 aromatic rings. The third-order valence-electron chi connectivity index (χ3n) is 6.49. The summed E-state index contributed by atoms with van der Waals surface area (Å²) in [6.45, 7) is 3.33. The Bertz CT molecular complexity index is 1210.